The molecule has 0 bridgehead atoms. The molecule has 1 aromatic carbocycles. The Hall–Kier alpha value is -1.18. The second-order valence-corrected chi connectivity index (χ2v) is 4.40. The van der Waals surface area contributed by atoms with Crippen LogP contribution in [0.5, 0.6) is 11.5 Å². The van der Waals surface area contributed by atoms with Gasteiger partial charge in [0.1, 0.15) is 11.5 Å². The Bertz CT molecular complexity index is 436. The Labute approximate surface area is 138 Å². The van der Waals surface area contributed by atoms with Crippen LogP contribution in [0.15, 0.2) is 23.2 Å². The number of benzene rings is 1. The van der Waals surface area contributed by atoms with Gasteiger partial charge in [0.2, 0.25) is 0 Å². The van der Waals surface area contributed by atoms with Gasteiger partial charge in [-0.25, -0.2) is 0 Å². The van der Waals surface area contributed by atoms with Crippen molar-refractivity contribution in [3.05, 3.63) is 23.8 Å². The molecule has 0 aliphatic rings. The van der Waals surface area contributed by atoms with E-state index in [1.807, 2.05) is 18.2 Å². The number of methoxy groups -OCH3 is 2. The van der Waals surface area contributed by atoms with Gasteiger partial charge in [-0.2, -0.15) is 0 Å². The number of guanidine groups is 1. The van der Waals surface area contributed by atoms with Crippen molar-refractivity contribution in [1.29, 1.82) is 0 Å². The number of rotatable bonds is 5. The first kappa shape index (κ1) is 18.8. The van der Waals surface area contributed by atoms with E-state index in [2.05, 4.69) is 29.5 Å². The van der Waals surface area contributed by atoms with Gasteiger partial charge in [0.15, 0.2) is 5.96 Å². The first-order valence-electron chi connectivity index (χ1n) is 6.28. The average Bonchev–Trinajstić information content (AvgIpc) is 2.42. The van der Waals surface area contributed by atoms with E-state index in [1.54, 1.807) is 21.3 Å². The van der Waals surface area contributed by atoms with Gasteiger partial charge in [0, 0.05) is 31.3 Å². The van der Waals surface area contributed by atoms with E-state index in [-0.39, 0.29) is 24.0 Å². The van der Waals surface area contributed by atoms with E-state index in [9.17, 15) is 0 Å². The van der Waals surface area contributed by atoms with Gasteiger partial charge >= 0.3 is 0 Å². The molecular weight excluding hydrogens is 369 g/mol. The van der Waals surface area contributed by atoms with Crippen LogP contribution in [0.3, 0.4) is 0 Å². The van der Waals surface area contributed by atoms with Gasteiger partial charge in [-0.15, -0.1) is 24.0 Å². The van der Waals surface area contributed by atoms with Crippen molar-refractivity contribution >= 4 is 29.9 Å². The number of nitrogens with zero attached hydrogens (tertiary/aromatic N) is 1. The molecule has 0 unspecified atom stereocenters. The van der Waals surface area contributed by atoms with Crippen molar-refractivity contribution < 1.29 is 9.47 Å². The minimum absolute atomic E-state index is 0. The summed E-state index contributed by atoms with van der Waals surface area (Å²) in [5.74, 6) is 2.35. The number of aliphatic imine (C=N–C) groups is 1. The fraction of sp³-hybridized carbons (Fsp3) is 0.500. The molecule has 0 aliphatic carbocycles. The van der Waals surface area contributed by atoms with Crippen molar-refractivity contribution in [3.8, 4) is 11.5 Å². The lowest BCUT2D eigenvalue weighted by atomic mass is 10.2. The zero-order valence-corrected chi connectivity index (χ0v) is 15.0. The maximum atomic E-state index is 5.35. The number of hydrogen-bond acceptors (Lipinski definition) is 3. The molecule has 20 heavy (non-hydrogen) atoms. The van der Waals surface area contributed by atoms with Gasteiger partial charge < -0.3 is 20.1 Å². The van der Waals surface area contributed by atoms with Gasteiger partial charge in [-0.3, -0.25) is 4.99 Å². The molecule has 2 N–H and O–H groups in total. The van der Waals surface area contributed by atoms with E-state index >= 15 is 0 Å². The summed E-state index contributed by atoms with van der Waals surface area (Å²) >= 11 is 0. The lowest BCUT2D eigenvalue weighted by Crippen LogP contribution is -2.40. The Kier molecular flexibility index (Phi) is 9.11. The minimum Gasteiger partial charge on any atom is -0.497 e. The molecule has 1 aromatic rings. The first-order chi connectivity index (χ1) is 9.10. The quantitative estimate of drug-likeness (QED) is 0.458. The highest BCUT2D eigenvalue weighted by atomic mass is 127. The molecule has 0 aliphatic heterocycles. The first-order valence-corrected chi connectivity index (χ1v) is 6.28. The fourth-order valence-electron chi connectivity index (χ4n) is 1.64. The van der Waals surface area contributed by atoms with E-state index in [0.29, 0.717) is 12.6 Å². The van der Waals surface area contributed by atoms with Crippen molar-refractivity contribution in [2.75, 3.05) is 21.3 Å². The van der Waals surface area contributed by atoms with Crippen LogP contribution in [0.1, 0.15) is 19.4 Å². The van der Waals surface area contributed by atoms with E-state index in [1.165, 1.54) is 0 Å². The van der Waals surface area contributed by atoms with Crippen molar-refractivity contribution in [1.82, 2.24) is 10.6 Å². The fourth-order valence-corrected chi connectivity index (χ4v) is 1.64. The van der Waals surface area contributed by atoms with E-state index in [0.717, 1.165) is 23.0 Å². The lowest BCUT2D eigenvalue weighted by Gasteiger charge is -2.16. The molecular formula is C14H24IN3O2. The van der Waals surface area contributed by atoms with E-state index in [4.69, 9.17) is 9.47 Å². The number of nitrogens with one attached hydrogen (secondary N) is 2. The largest absolute Gasteiger partial charge is 0.497 e. The maximum absolute atomic E-state index is 5.35. The summed E-state index contributed by atoms with van der Waals surface area (Å²) in [6.45, 7) is 4.78. The molecule has 0 amide bonds. The van der Waals surface area contributed by atoms with Gasteiger partial charge in [0.05, 0.1) is 14.2 Å². The lowest BCUT2D eigenvalue weighted by molar-refractivity contribution is 0.390. The summed E-state index contributed by atoms with van der Waals surface area (Å²) in [4.78, 5) is 4.16. The highest BCUT2D eigenvalue weighted by Gasteiger charge is 2.06. The van der Waals surface area contributed by atoms with Crippen LogP contribution < -0.4 is 20.1 Å². The normalized spacial score (nSPS) is 10.8. The monoisotopic (exact) mass is 393 g/mol. The van der Waals surface area contributed by atoms with Crippen LogP contribution in [0.2, 0.25) is 0 Å². The molecule has 0 saturated heterocycles. The van der Waals surface area contributed by atoms with Crippen LogP contribution in [0.4, 0.5) is 0 Å². The molecule has 114 valence electrons. The average molecular weight is 393 g/mol. The maximum Gasteiger partial charge on any atom is 0.191 e. The summed E-state index contributed by atoms with van der Waals surface area (Å²) in [5.41, 5.74) is 1.05. The third-order valence-electron chi connectivity index (χ3n) is 2.59. The zero-order chi connectivity index (χ0) is 14.3. The van der Waals surface area contributed by atoms with Crippen molar-refractivity contribution in [3.63, 3.8) is 0 Å². The highest BCUT2D eigenvalue weighted by Crippen LogP contribution is 2.24. The zero-order valence-electron chi connectivity index (χ0n) is 12.7. The summed E-state index contributed by atoms with van der Waals surface area (Å²) in [7, 11) is 5.05. The van der Waals surface area contributed by atoms with Crippen LogP contribution in [0, 0.1) is 0 Å². The van der Waals surface area contributed by atoms with Crippen LogP contribution >= 0.6 is 24.0 Å². The van der Waals surface area contributed by atoms with Gasteiger partial charge in [-0.1, -0.05) is 0 Å². The topological polar surface area (TPSA) is 54.9 Å². The van der Waals surface area contributed by atoms with E-state index < -0.39 is 0 Å². The third kappa shape index (κ3) is 5.85. The van der Waals surface area contributed by atoms with Crippen molar-refractivity contribution in [2.24, 2.45) is 4.99 Å². The number of halogens is 1. The third-order valence-corrected chi connectivity index (χ3v) is 2.59. The summed E-state index contributed by atoms with van der Waals surface area (Å²) in [6, 6.07) is 6.10. The molecule has 0 atom stereocenters. The minimum atomic E-state index is 0. The van der Waals surface area contributed by atoms with Crippen LogP contribution in [-0.2, 0) is 6.54 Å². The molecule has 5 nitrogen and oxygen atoms in total. The van der Waals surface area contributed by atoms with Crippen LogP contribution in [0.25, 0.3) is 0 Å². The second kappa shape index (κ2) is 9.68. The Morgan fingerprint density at radius 1 is 1.25 bits per heavy atom. The molecule has 0 fully saturated rings. The molecule has 6 heteroatoms. The Morgan fingerprint density at radius 3 is 2.45 bits per heavy atom. The Balaban J connectivity index is 0.00000361. The molecule has 0 saturated carbocycles. The molecule has 0 radical (unpaired) electrons. The SMILES string of the molecule is CN=C(NCc1ccc(OC)cc1OC)NC(C)C.I. The second-order valence-electron chi connectivity index (χ2n) is 4.40. The Morgan fingerprint density at radius 2 is 1.95 bits per heavy atom. The predicted molar refractivity (Wildman–Crippen MR) is 93.4 cm³/mol. The van der Waals surface area contributed by atoms with Gasteiger partial charge in [-0.05, 0) is 26.0 Å². The molecule has 1 rings (SSSR count). The predicted octanol–water partition coefficient (Wildman–Crippen LogP) is 2.40. The van der Waals surface area contributed by atoms with Crippen LogP contribution in [-0.4, -0.2) is 33.3 Å². The molecule has 0 spiro atoms. The smallest absolute Gasteiger partial charge is 0.191 e. The van der Waals surface area contributed by atoms with Crippen molar-refractivity contribution in [2.45, 2.75) is 26.4 Å². The summed E-state index contributed by atoms with van der Waals surface area (Å²) in [6.07, 6.45) is 0. The standard InChI is InChI=1S/C14H23N3O2.HI/c1-10(2)17-14(15-3)16-9-11-6-7-12(18-4)8-13(11)19-5;/h6-8,10H,9H2,1-5H3,(H2,15,16,17);1H. The number of hydrogen-bond donors (Lipinski definition) is 2. The molecule has 0 aromatic heterocycles. The molecule has 0 heterocycles. The highest BCUT2D eigenvalue weighted by molar-refractivity contribution is 14.0. The number of ether oxygens (including phenoxy) is 2. The summed E-state index contributed by atoms with van der Waals surface area (Å²) in [5, 5.41) is 6.48. The summed E-state index contributed by atoms with van der Waals surface area (Å²) < 4.78 is 10.5. The van der Waals surface area contributed by atoms with Gasteiger partial charge in [0.25, 0.3) is 0 Å².